The molecule has 0 radical (unpaired) electrons. The zero-order chi connectivity index (χ0) is 16.1. The Morgan fingerprint density at radius 3 is 2.27 bits per heavy atom. The first kappa shape index (κ1) is 15.8. The van der Waals surface area contributed by atoms with Crippen molar-refractivity contribution in [2.45, 2.75) is 19.9 Å². The van der Waals surface area contributed by atoms with E-state index < -0.39 is 0 Å². The fourth-order valence-corrected chi connectivity index (χ4v) is 2.05. The molecule has 0 N–H and O–H groups in total. The molecule has 2 aromatic rings. The Morgan fingerprint density at radius 2 is 1.73 bits per heavy atom. The summed E-state index contributed by atoms with van der Waals surface area (Å²) in [7, 11) is 3.11. The minimum atomic E-state index is -0.183. The molecular formula is C17H20N2O3. The van der Waals surface area contributed by atoms with Gasteiger partial charge in [0.2, 0.25) is 0 Å². The maximum Gasteiger partial charge on any atom is 0.263 e. The van der Waals surface area contributed by atoms with Crippen LogP contribution in [0, 0.1) is 0 Å². The van der Waals surface area contributed by atoms with E-state index in [9.17, 15) is 4.79 Å². The molecule has 2 rings (SSSR count). The topological polar surface area (TPSA) is 52.8 Å². The van der Waals surface area contributed by atoms with Gasteiger partial charge in [-0.2, -0.15) is 0 Å². The van der Waals surface area contributed by atoms with Crippen molar-refractivity contribution in [3.05, 3.63) is 53.6 Å². The lowest BCUT2D eigenvalue weighted by Crippen LogP contribution is -2.28. The molecule has 0 aliphatic rings. The van der Waals surface area contributed by atoms with Crippen molar-refractivity contribution in [1.82, 2.24) is 4.57 Å². The maximum absolute atomic E-state index is 12.8. The zero-order valence-electron chi connectivity index (χ0n) is 13.2. The van der Waals surface area contributed by atoms with Crippen LogP contribution in [-0.4, -0.2) is 30.7 Å². The Bertz CT molecular complexity index is 710. The van der Waals surface area contributed by atoms with Crippen LogP contribution in [0.3, 0.4) is 0 Å². The van der Waals surface area contributed by atoms with Crippen molar-refractivity contribution < 1.29 is 14.3 Å². The third kappa shape index (κ3) is 3.55. The predicted octanol–water partition coefficient (Wildman–Crippen LogP) is 2.50. The van der Waals surface area contributed by atoms with Gasteiger partial charge in [0.05, 0.1) is 14.2 Å². The number of ether oxygens (including phenoxy) is 2. The van der Waals surface area contributed by atoms with Crippen LogP contribution in [0.4, 0.5) is 0 Å². The number of hydrogen-bond acceptors (Lipinski definition) is 4. The number of pyridine rings is 1. The highest BCUT2D eigenvalue weighted by atomic mass is 16.5. The van der Waals surface area contributed by atoms with Crippen LogP contribution < -0.4 is 15.0 Å². The molecule has 1 heterocycles. The van der Waals surface area contributed by atoms with Gasteiger partial charge in [-0.15, -0.1) is 0 Å². The summed E-state index contributed by atoms with van der Waals surface area (Å²) in [6.45, 7) is 3.94. The standard InChI is InChI=1S/C17H20N2O3/c1-12(2)18-16-7-5-6-8-19(16)17(20)13-9-14(21-3)11-15(10-13)22-4/h5-12H,1-4H3. The average Bonchev–Trinajstić information content (AvgIpc) is 2.53. The monoisotopic (exact) mass is 300 g/mol. The van der Waals surface area contributed by atoms with Gasteiger partial charge in [0.15, 0.2) is 0 Å². The summed E-state index contributed by atoms with van der Waals surface area (Å²) >= 11 is 0. The highest BCUT2D eigenvalue weighted by molar-refractivity contribution is 5.96. The van der Waals surface area contributed by atoms with Crippen LogP contribution in [0.25, 0.3) is 0 Å². The number of nitrogens with zero attached hydrogens (tertiary/aromatic N) is 2. The van der Waals surface area contributed by atoms with Crippen LogP contribution >= 0.6 is 0 Å². The molecule has 0 unspecified atom stereocenters. The predicted molar refractivity (Wildman–Crippen MR) is 84.4 cm³/mol. The van der Waals surface area contributed by atoms with E-state index in [-0.39, 0.29) is 11.9 Å². The average molecular weight is 300 g/mol. The van der Waals surface area contributed by atoms with Crippen molar-refractivity contribution in [3.8, 4) is 11.5 Å². The number of carbonyl (C=O) groups is 1. The smallest absolute Gasteiger partial charge is 0.263 e. The number of rotatable bonds is 4. The van der Waals surface area contributed by atoms with Crippen molar-refractivity contribution >= 4 is 5.91 Å². The highest BCUT2D eigenvalue weighted by Gasteiger charge is 2.12. The number of carbonyl (C=O) groups excluding carboxylic acids is 1. The van der Waals surface area contributed by atoms with E-state index in [2.05, 4.69) is 4.99 Å². The molecule has 1 aromatic heterocycles. The molecule has 116 valence electrons. The first-order valence-corrected chi connectivity index (χ1v) is 7.04. The van der Waals surface area contributed by atoms with Gasteiger partial charge in [-0.3, -0.25) is 14.4 Å². The van der Waals surface area contributed by atoms with Gasteiger partial charge in [0.1, 0.15) is 17.0 Å². The van der Waals surface area contributed by atoms with Gasteiger partial charge >= 0.3 is 0 Å². The zero-order valence-corrected chi connectivity index (χ0v) is 13.2. The maximum atomic E-state index is 12.8. The van der Waals surface area contributed by atoms with Crippen LogP contribution in [0.15, 0.2) is 47.6 Å². The van der Waals surface area contributed by atoms with Gasteiger partial charge in [-0.05, 0) is 38.1 Å². The summed E-state index contributed by atoms with van der Waals surface area (Å²) in [5, 5.41) is 0. The van der Waals surface area contributed by atoms with Crippen molar-refractivity contribution in [1.29, 1.82) is 0 Å². The van der Waals surface area contributed by atoms with E-state index in [1.54, 1.807) is 44.7 Å². The molecular weight excluding hydrogens is 280 g/mol. The molecule has 1 aromatic carbocycles. The lowest BCUT2D eigenvalue weighted by atomic mass is 10.2. The lowest BCUT2D eigenvalue weighted by molar-refractivity contribution is 0.0954. The van der Waals surface area contributed by atoms with Gasteiger partial charge in [0.25, 0.3) is 5.91 Å². The van der Waals surface area contributed by atoms with E-state index in [4.69, 9.17) is 9.47 Å². The fourth-order valence-electron chi connectivity index (χ4n) is 2.05. The van der Waals surface area contributed by atoms with E-state index in [0.29, 0.717) is 22.6 Å². The number of benzene rings is 1. The Hall–Kier alpha value is -2.56. The van der Waals surface area contributed by atoms with Gasteiger partial charge in [0, 0.05) is 23.9 Å². The first-order valence-electron chi connectivity index (χ1n) is 7.04. The number of methoxy groups -OCH3 is 2. The van der Waals surface area contributed by atoms with E-state index in [0.717, 1.165) is 0 Å². The molecule has 0 amide bonds. The number of aromatic nitrogens is 1. The van der Waals surface area contributed by atoms with E-state index in [1.165, 1.54) is 4.57 Å². The summed E-state index contributed by atoms with van der Waals surface area (Å²) in [5.74, 6) is 0.959. The minimum Gasteiger partial charge on any atom is -0.497 e. The Labute approximate surface area is 129 Å². The second-order valence-electron chi connectivity index (χ2n) is 5.06. The first-order chi connectivity index (χ1) is 10.5. The Morgan fingerprint density at radius 1 is 1.09 bits per heavy atom. The summed E-state index contributed by atoms with van der Waals surface area (Å²) in [5.41, 5.74) is 1.09. The molecule has 0 saturated heterocycles. The van der Waals surface area contributed by atoms with Crippen LogP contribution in [0.5, 0.6) is 11.5 Å². The summed E-state index contributed by atoms with van der Waals surface area (Å²) in [4.78, 5) is 17.2. The van der Waals surface area contributed by atoms with Crippen LogP contribution in [0.2, 0.25) is 0 Å². The summed E-state index contributed by atoms with van der Waals surface area (Å²) < 4.78 is 11.9. The summed E-state index contributed by atoms with van der Waals surface area (Å²) in [6.07, 6.45) is 1.70. The molecule has 0 aliphatic carbocycles. The van der Waals surface area contributed by atoms with E-state index in [1.807, 2.05) is 26.0 Å². The van der Waals surface area contributed by atoms with Crippen molar-refractivity contribution in [3.63, 3.8) is 0 Å². The SMILES string of the molecule is COc1cc(OC)cc(C(=O)n2ccccc2=NC(C)C)c1. The second kappa shape index (κ2) is 6.93. The molecule has 0 aliphatic heterocycles. The Balaban J connectivity index is 2.54. The fraction of sp³-hybridized carbons (Fsp3) is 0.294. The van der Waals surface area contributed by atoms with Gasteiger partial charge < -0.3 is 9.47 Å². The summed E-state index contributed by atoms with van der Waals surface area (Å²) in [6, 6.07) is 10.7. The number of hydrogen-bond donors (Lipinski definition) is 0. The molecule has 0 spiro atoms. The largest absolute Gasteiger partial charge is 0.497 e. The molecule has 5 nitrogen and oxygen atoms in total. The second-order valence-corrected chi connectivity index (χ2v) is 5.06. The Kier molecular flexibility index (Phi) is 4.99. The molecule has 0 fully saturated rings. The molecule has 5 heteroatoms. The molecule has 0 atom stereocenters. The third-order valence-corrected chi connectivity index (χ3v) is 3.05. The van der Waals surface area contributed by atoms with Crippen LogP contribution in [0.1, 0.15) is 24.2 Å². The molecule has 22 heavy (non-hydrogen) atoms. The normalized spacial score (nSPS) is 11.6. The quantitative estimate of drug-likeness (QED) is 0.871. The molecule has 0 saturated carbocycles. The van der Waals surface area contributed by atoms with Crippen molar-refractivity contribution in [2.75, 3.05) is 14.2 Å². The van der Waals surface area contributed by atoms with E-state index >= 15 is 0 Å². The van der Waals surface area contributed by atoms with Gasteiger partial charge in [-0.25, -0.2) is 0 Å². The highest BCUT2D eigenvalue weighted by Crippen LogP contribution is 2.22. The third-order valence-electron chi connectivity index (χ3n) is 3.05. The molecule has 0 bridgehead atoms. The lowest BCUT2D eigenvalue weighted by Gasteiger charge is -2.10. The van der Waals surface area contributed by atoms with Crippen molar-refractivity contribution in [2.24, 2.45) is 4.99 Å². The minimum absolute atomic E-state index is 0.0984. The van der Waals surface area contributed by atoms with Gasteiger partial charge in [-0.1, -0.05) is 6.07 Å². The van der Waals surface area contributed by atoms with Crippen LogP contribution in [-0.2, 0) is 0 Å².